The average molecular weight is 294 g/mol. The lowest BCUT2D eigenvalue weighted by atomic mass is 10.1. The van der Waals surface area contributed by atoms with Crippen molar-refractivity contribution in [2.45, 2.75) is 24.6 Å². The molecule has 102 valence electrons. The smallest absolute Gasteiger partial charge is 0.138 e. The predicted octanol–water partition coefficient (Wildman–Crippen LogP) is 2.17. The summed E-state index contributed by atoms with van der Waals surface area (Å²) in [6, 6.07) is 2.72. The molecule has 0 saturated heterocycles. The van der Waals surface area contributed by atoms with Gasteiger partial charge in [-0.05, 0) is 30.9 Å². The van der Waals surface area contributed by atoms with Gasteiger partial charge in [0, 0.05) is 35.0 Å². The van der Waals surface area contributed by atoms with Gasteiger partial charge >= 0.3 is 0 Å². The molecule has 0 bridgehead atoms. The Hall–Kier alpha value is -0.850. The van der Waals surface area contributed by atoms with E-state index in [0.717, 1.165) is 12.2 Å². The fourth-order valence-electron chi connectivity index (χ4n) is 2.37. The first-order valence-corrected chi connectivity index (χ1v) is 8.44. The van der Waals surface area contributed by atoms with Crippen molar-refractivity contribution >= 4 is 23.1 Å². The molecule has 0 amide bonds. The lowest BCUT2D eigenvalue weighted by Crippen LogP contribution is -2.19. The first-order valence-electron chi connectivity index (χ1n) is 6.47. The minimum atomic E-state index is 0.337. The Balaban J connectivity index is 1.82. The molecule has 1 aliphatic heterocycles. The quantitative estimate of drug-likeness (QED) is 0.938. The maximum absolute atomic E-state index is 4.32. The molecule has 0 fully saturated rings. The molecule has 0 aliphatic carbocycles. The normalized spacial score (nSPS) is 16.3. The number of nitrogens with one attached hydrogen (secondary N) is 1. The minimum Gasteiger partial charge on any atom is -0.312 e. The van der Waals surface area contributed by atoms with Crippen LogP contribution in [0.2, 0.25) is 0 Å². The van der Waals surface area contributed by atoms with Gasteiger partial charge in [-0.25, -0.2) is 4.98 Å². The molecule has 1 unspecified atom stereocenters. The Morgan fingerprint density at radius 3 is 3.11 bits per heavy atom. The molecule has 0 spiro atoms. The molecule has 2 aromatic heterocycles. The van der Waals surface area contributed by atoms with Crippen LogP contribution in [0.3, 0.4) is 0 Å². The number of rotatable bonds is 4. The Morgan fingerprint density at radius 2 is 2.42 bits per heavy atom. The summed E-state index contributed by atoms with van der Waals surface area (Å²) < 4.78 is 1.85. The average Bonchev–Trinajstić information content (AvgIpc) is 3.02. The van der Waals surface area contributed by atoms with Gasteiger partial charge in [-0.3, -0.25) is 4.68 Å². The fraction of sp³-hybridized carbons (Fsp3) is 0.538. The van der Waals surface area contributed by atoms with Crippen LogP contribution in [0.25, 0.3) is 0 Å². The molecule has 2 aromatic rings. The van der Waals surface area contributed by atoms with Crippen LogP contribution in [0.4, 0.5) is 0 Å². The topological polar surface area (TPSA) is 42.7 Å². The third kappa shape index (κ3) is 2.70. The van der Waals surface area contributed by atoms with Gasteiger partial charge in [-0.2, -0.15) is 16.9 Å². The van der Waals surface area contributed by atoms with Crippen molar-refractivity contribution in [3.8, 4) is 0 Å². The van der Waals surface area contributed by atoms with E-state index in [1.54, 1.807) is 11.2 Å². The van der Waals surface area contributed by atoms with Crippen LogP contribution < -0.4 is 5.32 Å². The Bertz CT molecular complexity index is 537. The van der Waals surface area contributed by atoms with Crippen molar-refractivity contribution in [1.29, 1.82) is 0 Å². The number of hydrogen-bond acceptors (Lipinski definition) is 5. The molecule has 4 nitrogen and oxygen atoms in total. The fourth-order valence-corrected chi connectivity index (χ4v) is 4.86. The van der Waals surface area contributed by atoms with Gasteiger partial charge in [0.15, 0.2) is 0 Å². The molecular weight excluding hydrogens is 276 g/mol. The van der Waals surface area contributed by atoms with Gasteiger partial charge in [0.25, 0.3) is 0 Å². The van der Waals surface area contributed by atoms with Gasteiger partial charge in [0.1, 0.15) is 12.2 Å². The van der Waals surface area contributed by atoms with Gasteiger partial charge < -0.3 is 5.32 Å². The molecular formula is C13H18N4S2. The van der Waals surface area contributed by atoms with E-state index in [4.69, 9.17) is 0 Å². The second kappa shape index (κ2) is 5.64. The number of hydrogen-bond donors (Lipinski definition) is 1. The van der Waals surface area contributed by atoms with Crippen molar-refractivity contribution in [1.82, 2.24) is 20.1 Å². The molecule has 3 heterocycles. The van der Waals surface area contributed by atoms with Gasteiger partial charge in [-0.15, -0.1) is 11.3 Å². The standard InChI is InChI=1S/C13H18N4S2/c1-14-10(6-13-15-8-16-17(13)2)12-5-9-7-18-4-3-11(9)19-12/h5,8,10,14H,3-4,6-7H2,1-2H3. The Morgan fingerprint density at radius 1 is 1.53 bits per heavy atom. The Labute approximate surface area is 121 Å². The van der Waals surface area contributed by atoms with Crippen LogP contribution in [0.5, 0.6) is 0 Å². The molecule has 1 atom stereocenters. The second-order valence-corrected chi connectivity index (χ2v) is 7.02. The molecule has 3 rings (SSSR count). The third-order valence-electron chi connectivity index (χ3n) is 3.53. The van der Waals surface area contributed by atoms with Crippen LogP contribution in [0.1, 0.15) is 27.2 Å². The van der Waals surface area contributed by atoms with Gasteiger partial charge in [0.05, 0.1) is 0 Å². The summed E-state index contributed by atoms with van der Waals surface area (Å²) in [4.78, 5) is 7.33. The van der Waals surface area contributed by atoms with Gasteiger partial charge in [0.2, 0.25) is 0 Å². The van der Waals surface area contributed by atoms with Crippen LogP contribution in [-0.2, 0) is 25.6 Å². The Kier molecular flexibility index (Phi) is 3.91. The number of aryl methyl sites for hydroxylation is 2. The highest BCUT2D eigenvalue weighted by Crippen LogP contribution is 2.35. The molecule has 0 saturated carbocycles. The number of thiophene rings is 1. The molecule has 1 aliphatic rings. The largest absolute Gasteiger partial charge is 0.312 e. The number of likely N-dealkylation sites (N-methyl/N-ethyl adjacent to an activating group) is 1. The van der Waals surface area contributed by atoms with E-state index in [1.165, 1.54) is 28.4 Å². The van der Waals surface area contributed by atoms with Crippen LogP contribution in [0, 0.1) is 0 Å². The lowest BCUT2D eigenvalue weighted by Gasteiger charge is -2.13. The first kappa shape index (κ1) is 13.1. The molecule has 1 N–H and O–H groups in total. The SMILES string of the molecule is CNC(Cc1ncnn1C)c1cc2c(s1)CCSC2. The second-order valence-electron chi connectivity index (χ2n) is 4.75. The van der Waals surface area contributed by atoms with E-state index >= 15 is 0 Å². The zero-order valence-electron chi connectivity index (χ0n) is 11.2. The van der Waals surface area contributed by atoms with E-state index in [9.17, 15) is 0 Å². The maximum atomic E-state index is 4.32. The molecule has 0 aromatic carbocycles. The molecule has 0 radical (unpaired) electrons. The van der Waals surface area contributed by atoms with E-state index in [2.05, 4.69) is 21.5 Å². The summed E-state index contributed by atoms with van der Waals surface area (Å²) in [5, 5.41) is 7.56. The lowest BCUT2D eigenvalue weighted by molar-refractivity contribution is 0.560. The van der Waals surface area contributed by atoms with Crippen molar-refractivity contribution in [3.05, 3.63) is 33.5 Å². The minimum absolute atomic E-state index is 0.337. The third-order valence-corrected chi connectivity index (χ3v) is 5.89. The van der Waals surface area contributed by atoms with Crippen molar-refractivity contribution in [3.63, 3.8) is 0 Å². The summed E-state index contributed by atoms with van der Waals surface area (Å²) in [5.41, 5.74) is 1.54. The van der Waals surface area contributed by atoms with Crippen LogP contribution >= 0.6 is 23.1 Å². The first-order chi connectivity index (χ1) is 9.28. The van der Waals surface area contributed by atoms with E-state index in [0.29, 0.717) is 6.04 Å². The van der Waals surface area contributed by atoms with Gasteiger partial charge in [-0.1, -0.05) is 0 Å². The van der Waals surface area contributed by atoms with Crippen LogP contribution in [-0.4, -0.2) is 27.6 Å². The zero-order valence-corrected chi connectivity index (χ0v) is 12.9. The monoisotopic (exact) mass is 294 g/mol. The molecule has 19 heavy (non-hydrogen) atoms. The molecule has 6 heteroatoms. The number of aromatic nitrogens is 3. The van der Waals surface area contributed by atoms with Crippen LogP contribution in [0.15, 0.2) is 12.4 Å². The summed E-state index contributed by atoms with van der Waals surface area (Å²) in [6.07, 6.45) is 3.74. The summed E-state index contributed by atoms with van der Waals surface area (Å²) in [6.45, 7) is 0. The number of fused-ring (bicyclic) bond motifs is 1. The number of thioether (sulfide) groups is 1. The van der Waals surface area contributed by atoms with E-state index < -0.39 is 0 Å². The number of nitrogens with zero attached hydrogens (tertiary/aromatic N) is 3. The summed E-state index contributed by atoms with van der Waals surface area (Å²) in [7, 11) is 3.97. The van der Waals surface area contributed by atoms with E-state index in [1.807, 2.05) is 41.9 Å². The van der Waals surface area contributed by atoms with Crippen molar-refractivity contribution in [2.24, 2.45) is 7.05 Å². The highest BCUT2D eigenvalue weighted by Gasteiger charge is 2.20. The highest BCUT2D eigenvalue weighted by atomic mass is 32.2. The van der Waals surface area contributed by atoms with Crippen molar-refractivity contribution < 1.29 is 0 Å². The highest BCUT2D eigenvalue weighted by molar-refractivity contribution is 7.98. The van der Waals surface area contributed by atoms with E-state index in [-0.39, 0.29) is 0 Å². The zero-order chi connectivity index (χ0) is 13.2. The maximum Gasteiger partial charge on any atom is 0.138 e. The predicted molar refractivity (Wildman–Crippen MR) is 80.7 cm³/mol. The summed E-state index contributed by atoms with van der Waals surface area (Å²) >= 11 is 4.00. The summed E-state index contributed by atoms with van der Waals surface area (Å²) in [5.74, 6) is 3.47. The van der Waals surface area contributed by atoms with Crippen molar-refractivity contribution in [2.75, 3.05) is 12.8 Å².